The summed E-state index contributed by atoms with van der Waals surface area (Å²) in [6.07, 6.45) is 0. The van der Waals surface area contributed by atoms with Crippen molar-refractivity contribution in [3.8, 4) is 5.75 Å². The van der Waals surface area contributed by atoms with E-state index in [0.29, 0.717) is 0 Å². The summed E-state index contributed by atoms with van der Waals surface area (Å²) >= 11 is 0. The van der Waals surface area contributed by atoms with Gasteiger partial charge in [-0.15, -0.1) is 0 Å². The van der Waals surface area contributed by atoms with Crippen LogP contribution >= 0.6 is 0 Å². The van der Waals surface area contributed by atoms with Crippen molar-refractivity contribution in [1.29, 1.82) is 0 Å². The van der Waals surface area contributed by atoms with Crippen molar-refractivity contribution in [3.63, 3.8) is 0 Å². The second-order valence-corrected chi connectivity index (χ2v) is 5.07. The highest BCUT2D eigenvalue weighted by atomic mass is 16.5. The molecule has 1 rings (SSSR count). The lowest BCUT2D eigenvalue weighted by molar-refractivity contribution is 0.187. The average Bonchev–Trinajstić information content (AvgIpc) is 2.31. The van der Waals surface area contributed by atoms with E-state index in [-0.39, 0.29) is 12.1 Å². The number of hydrogen-bond acceptors (Lipinski definition) is 3. The van der Waals surface area contributed by atoms with E-state index in [1.807, 2.05) is 19.9 Å². The fourth-order valence-corrected chi connectivity index (χ4v) is 1.65. The molecule has 0 aromatic heterocycles. The van der Waals surface area contributed by atoms with Crippen LogP contribution in [0.2, 0.25) is 0 Å². The molecule has 0 amide bonds. The zero-order valence-corrected chi connectivity index (χ0v) is 11.4. The third-order valence-corrected chi connectivity index (χ3v) is 3.22. The Labute approximate surface area is 104 Å². The highest BCUT2D eigenvalue weighted by Crippen LogP contribution is 2.24. The van der Waals surface area contributed by atoms with E-state index >= 15 is 0 Å². The quantitative estimate of drug-likeness (QED) is 0.824. The molecule has 96 valence electrons. The van der Waals surface area contributed by atoms with Crippen molar-refractivity contribution in [2.45, 2.75) is 39.8 Å². The van der Waals surface area contributed by atoms with Crippen LogP contribution < -0.4 is 10.1 Å². The SMILES string of the molecule is COc1ccc(CNC(C)(C)CO)c(C)c1C. The Morgan fingerprint density at radius 2 is 1.88 bits per heavy atom. The van der Waals surface area contributed by atoms with E-state index in [1.165, 1.54) is 16.7 Å². The van der Waals surface area contributed by atoms with Crippen LogP contribution in [0.15, 0.2) is 12.1 Å². The highest BCUT2D eigenvalue weighted by Gasteiger charge is 2.16. The second kappa shape index (κ2) is 5.52. The Balaban J connectivity index is 2.83. The molecule has 1 aromatic rings. The predicted octanol–water partition coefficient (Wildman–Crippen LogP) is 2.17. The summed E-state index contributed by atoms with van der Waals surface area (Å²) < 4.78 is 5.29. The van der Waals surface area contributed by atoms with Gasteiger partial charge in [-0.05, 0) is 50.5 Å². The van der Waals surface area contributed by atoms with Gasteiger partial charge in [-0.1, -0.05) is 6.07 Å². The lowest BCUT2D eigenvalue weighted by atomic mass is 10.0. The molecule has 0 heterocycles. The number of aliphatic hydroxyl groups excluding tert-OH is 1. The maximum absolute atomic E-state index is 9.20. The Kier molecular flexibility index (Phi) is 4.54. The summed E-state index contributed by atoms with van der Waals surface area (Å²) in [5, 5.41) is 12.5. The number of benzene rings is 1. The van der Waals surface area contributed by atoms with Crippen LogP contribution in [0.4, 0.5) is 0 Å². The van der Waals surface area contributed by atoms with Gasteiger partial charge in [0.05, 0.1) is 13.7 Å². The van der Waals surface area contributed by atoms with Crippen molar-refractivity contribution in [1.82, 2.24) is 5.32 Å². The van der Waals surface area contributed by atoms with Gasteiger partial charge in [-0.25, -0.2) is 0 Å². The van der Waals surface area contributed by atoms with Crippen LogP contribution in [0, 0.1) is 13.8 Å². The monoisotopic (exact) mass is 237 g/mol. The molecule has 0 aliphatic rings. The second-order valence-electron chi connectivity index (χ2n) is 5.07. The minimum atomic E-state index is -0.250. The largest absolute Gasteiger partial charge is 0.496 e. The topological polar surface area (TPSA) is 41.5 Å². The van der Waals surface area contributed by atoms with Crippen LogP contribution in [0.3, 0.4) is 0 Å². The van der Waals surface area contributed by atoms with Gasteiger partial charge in [-0.2, -0.15) is 0 Å². The molecule has 0 bridgehead atoms. The van der Waals surface area contributed by atoms with Gasteiger partial charge < -0.3 is 15.2 Å². The molecule has 0 saturated carbocycles. The normalized spacial score (nSPS) is 11.6. The third kappa shape index (κ3) is 3.45. The first-order valence-corrected chi connectivity index (χ1v) is 5.90. The number of nitrogens with one attached hydrogen (secondary N) is 1. The van der Waals surface area contributed by atoms with Crippen molar-refractivity contribution in [3.05, 3.63) is 28.8 Å². The number of hydrogen-bond donors (Lipinski definition) is 2. The van der Waals surface area contributed by atoms with E-state index in [2.05, 4.69) is 25.2 Å². The lowest BCUT2D eigenvalue weighted by Crippen LogP contribution is -2.42. The van der Waals surface area contributed by atoms with Crippen molar-refractivity contribution in [2.24, 2.45) is 0 Å². The maximum Gasteiger partial charge on any atom is 0.122 e. The van der Waals surface area contributed by atoms with E-state index < -0.39 is 0 Å². The zero-order valence-electron chi connectivity index (χ0n) is 11.4. The predicted molar refractivity (Wildman–Crippen MR) is 70.5 cm³/mol. The third-order valence-electron chi connectivity index (χ3n) is 3.22. The van der Waals surface area contributed by atoms with Crippen LogP contribution in [-0.2, 0) is 6.54 Å². The molecule has 17 heavy (non-hydrogen) atoms. The molecule has 3 nitrogen and oxygen atoms in total. The molecule has 0 fully saturated rings. The first kappa shape index (κ1) is 14.0. The minimum absolute atomic E-state index is 0.126. The van der Waals surface area contributed by atoms with E-state index in [4.69, 9.17) is 4.74 Å². The average molecular weight is 237 g/mol. The standard InChI is InChI=1S/C14H23NO2/c1-10-11(2)13(17-5)7-6-12(10)8-15-14(3,4)9-16/h6-7,15-16H,8-9H2,1-5H3. The molecular weight excluding hydrogens is 214 g/mol. The van der Waals surface area contributed by atoms with Gasteiger partial charge in [-0.3, -0.25) is 0 Å². The first-order chi connectivity index (χ1) is 7.91. The summed E-state index contributed by atoms with van der Waals surface area (Å²) in [6.45, 7) is 9.01. The maximum atomic E-state index is 9.20. The van der Waals surface area contributed by atoms with Gasteiger partial charge >= 0.3 is 0 Å². The summed E-state index contributed by atoms with van der Waals surface area (Å²) in [6, 6.07) is 4.06. The molecule has 0 atom stereocenters. The van der Waals surface area contributed by atoms with Gasteiger partial charge in [0.2, 0.25) is 0 Å². The number of ether oxygens (including phenoxy) is 1. The smallest absolute Gasteiger partial charge is 0.122 e. The number of methoxy groups -OCH3 is 1. The van der Waals surface area contributed by atoms with Gasteiger partial charge in [0, 0.05) is 12.1 Å². The molecule has 0 spiro atoms. The summed E-state index contributed by atoms with van der Waals surface area (Å²) in [5.74, 6) is 0.924. The molecule has 0 aliphatic carbocycles. The highest BCUT2D eigenvalue weighted by molar-refractivity contribution is 5.43. The van der Waals surface area contributed by atoms with Gasteiger partial charge in [0.25, 0.3) is 0 Å². The molecule has 2 N–H and O–H groups in total. The van der Waals surface area contributed by atoms with E-state index in [0.717, 1.165) is 12.3 Å². The lowest BCUT2D eigenvalue weighted by Gasteiger charge is -2.24. The Bertz CT molecular complexity index is 386. The molecule has 1 aromatic carbocycles. The summed E-state index contributed by atoms with van der Waals surface area (Å²) in [7, 11) is 1.69. The summed E-state index contributed by atoms with van der Waals surface area (Å²) in [4.78, 5) is 0. The molecule has 0 saturated heterocycles. The van der Waals surface area contributed by atoms with E-state index in [1.54, 1.807) is 7.11 Å². The Hall–Kier alpha value is -1.06. The van der Waals surface area contributed by atoms with E-state index in [9.17, 15) is 5.11 Å². The summed E-state index contributed by atoms with van der Waals surface area (Å²) in [5.41, 5.74) is 3.41. The van der Waals surface area contributed by atoms with Crippen LogP contribution in [-0.4, -0.2) is 24.4 Å². The zero-order chi connectivity index (χ0) is 13.1. The number of aliphatic hydroxyl groups is 1. The minimum Gasteiger partial charge on any atom is -0.496 e. The fraction of sp³-hybridized carbons (Fsp3) is 0.571. The van der Waals surface area contributed by atoms with Crippen molar-refractivity contribution >= 4 is 0 Å². The molecule has 3 heteroatoms. The first-order valence-electron chi connectivity index (χ1n) is 5.90. The molecule has 0 unspecified atom stereocenters. The fourth-order valence-electron chi connectivity index (χ4n) is 1.65. The van der Waals surface area contributed by atoms with Crippen LogP contribution in [0.25, 0.3) is 0 Å². The molecule has 0 aliphatic heterocycles. The number of rotatable bonds is 5. The Morgan fingerprint density at radius 1 is 1.24 bits per heavy atom. The van der Waals surface area contributed by atoms with Gasteiger partial charge in [0.15, 0.2) is 0 Å². The Morgan fingerprint density at radius 3 is 2.41 bits per heavy atom. The van der Waals surface area contributed by atoms with Crippen LogP contribution in [0.5, 0.6) is 5.75 Å². The molecule has 0 radical (unpaired) electrons. The van der Waals surface area contributed by atoms with Crippen LogP contribution in [0.1, 0.15) is 30.5 Å². The molecular formula is C14H23NO2. The van der Waals surface area contributed by atoms with Gasteiger partial charge in [0.1, 0.15) is 5.75 Å². The van der Waals surface area contributed by atoms with Crippen molar-refractivity contribution < 1.29 is 9.84 Å². The van der Waals surface area contributed by atoms with Crippen molar-refractivity contribution in [2.75, 3.05) is 13.7 Å².